The molecular formula is C15H17N3O3. The van der Waals surface area contributed by atoms with E-state index >= 15 is 0 Å². The number of carbonyl (C=O) groups is 1. The van der Waals surface area contributed by atoms with Crippen LogP contribution in [0.2, 0.25) is 0 Å². The SMILES string of the molecule is COc1ccc(/C=C/CO)cc1NC(=O)N1C=CC=NC1. The fourth-order valence-corrected chi connectivity index (χ4v) is 1.82. The number of hydrogen-bond acceptors (Lipinski definition) is 4. The first-order valence-electron chi connectivity index (χ1n) is 6.44. The number of aliphatic hydroxyl groups excluding tert-OH is 1. The van der Waals surface area contributed by atoms with Gasteiger partial charge in [0.15, 0.2) is 0 Å². The number of ether oxygens (including phenoxy) is 1. The molecule has 0 spiro atoms. The standard InChI is InChI=1S/C15H17N3O3/c1-21-14-6-5-12(4-2-9-19)10-13(14)17-15(20)18-8-3-7-16-11-18/h2-8,10,19H,9,11H2,1H3,(H,17,20)/b4-2+. The highest BCUT2D eigenvalue weighted by Gasteiger charge is 2.14. The van der Waals surface area contributed by atoms with E-state index < -0.39 is 0 Å². The van der Waals surface area contributed by atoms with E-state index in [1.54, 1.807) is 49.9 Å². The summed E-state index contributed by atoms with van der Waals surface area (Å²) in [5.41, 5.74) is 1.41. The smallest absolute Gasteiger partial charge is 0.327 e. The van der Waals surface area contributed by atoms with Crippen molar-refractivity contribution < 1.29 is 14.6 Å². The van der Waals surface area contributed by atoms with Crippen LogP contribution in [-0.4, -0.2) is 42.6 Å². The lowest BCUT2D eigenvalue weighted by Gasteiger charge is -2.19. The van der Waals surface area contributed by atoms with Crippen LogP contribution in [0.4, 0.5) is 10.5 Å². The van der Waals surface area contributed by atoms with Crippen LogP contribution < -0.4 is 10.1 Å². The van der Waals surface area contributed by atoms with E-state index in [1.807, 2.05) is 6.07 Å². The molecule has 21 heavy (non-hydrogen) atoms. The van der Waals surface area contributed by atoms with Crippen LogP contribution in [0.1, 0.15) is 5.56 Å². The second-order valence-electron chi connectivity index (χ2n) is 4.26. The van der Waals surface area contributed by atoms with Crippen molar-refractivity contribution in [3.05, 3.63) is 42.1 Å². The van der Waals surface area contributed by atoms with Crippen LogP contribution in [0.15, 0.2) is 41.5 Å². The minimum Gasteiger partial charge on any atom is -0.495 e. The minimum atomic E-state index is -0.287. The molecule has 1 aliphatic heterocycles. The van der Waals surface area contributed by atoms with E-state index in [1.165, 1.54) is 4.90 Å². The number of anilines is 1. The molecular weight excluding hydrogens is 270 g/mol. The summed E-state index contributed by atoms with van der Waals surface area (Å²) >= 11 is 0. The molecule has 1 aliphatic rings. The Morgan fingerprint density at radius 3 is 3.10 bits per heavy atom. The highest BCUT2D eigenvalue weighted by molar-refractivity contribution is 5.92. The Labute approximate surface area is 123 Å². The number of nitrogens with one attached hydrogen (secondary N) is 1. The second-order valence-corrected chi connectivity index (χ2v) is 4.26. The lowest BCUT2D eigenvalue weighted by molar-refractivity contribution is 0.229. The first kappa shape index (κ1) is 14.8. The van der Waals surface area contributed by atoms with Crippen LogP contribution in [0, 0.1) is 0 Å². The zero-order valence-corrected chi connectivity index (χ0v) is 11.7. The quantitative estimate of drug-likeness (QED) is 0.890. The van der Waals surface area contributed by atoms with Crippen LogP contribution >= 0.6 is 0 Å². The van der Waals surface area contributed by atoms with E-state index in [4.69, 9.17) is 9.84 Å². The number of urea groups is 1. The normalized spacial score (nSPS) is 13.7. The highest BCUT2D eigenvalue weighted by Crippen LogP contribution is 2.26. The van der Waals surface area contributed by atoms with Crippen LogP contribution in [-0.2, 0) is 0 Å². The molecule has 1 aromatic rings. The molecule has 0 saturated carbocycles. The van der Waals surface area contributed by atoms with Crippen molar-refractivity contribution in [2.75, 3.05) is 25.7 Å². The first-order valence-corrected chi connectivity index (χ1v) is 6.44. The van der Waals surface area contributed by atoms with Crippen LogP contribution in [0.3, 0.4) is 0 Å². The Bertz CT molecular complexity index is 594. The molecule has 0 radical (unpaired) electrons. The number of benzene rings is 1. The zero-order chi connectivity index (χ0) is 15.1. The maximum Gasteiger partial charge on any atom is 0.327 e. The van der Waals surface area contributed by atoms with Gasteiger partial charge in [-0.05, 0) is 23.8 Å². The van der Waals surface area contributed by atoms with Crippen molar-refractivity contribution in [2.45, 2.75) is 0 Å². The van der Waals surface area contributed by atoms with Gasteiger partial charge in [-0.2, -0.15) is 0 Å². The van der Waals surface area contributed by atoms with Gasteiger partial charge in [-0.1, -0.05) is 18.2 Å². The second kappa shape index (κ2) is 7.25. The van der Waals surface area contributed by atoms with Crippen molar-refractivity contribution in [3.63, 3.8) is 0 Å². The van der Waals surface area contributed by atoms with Gasteiger partial charge in [0.05, 0.1) is 19.4 Å². The summed E-state index contributed by atoms with van der Waals surface area (Å²) < 4.78 is 5.24. The number of rotatable bonds is 4. The molecule has 0 unspecified atom stereocenters. The van der Waals surface area contributed by atoms with Crippen molar-refractivity contribution in [1.82, 2.24) is 4.90 Å². The Kier molecular flexibility index (Phi) is 5.11. The maximum atomic E-state index is 12.1. The minimum absolute atomic E-state index is 0.0374. The average molecular weight is 287 g/mol. The molecule has 0 aromatic heterocycles. The molecule has 0 bridgehead atoms. The Balaban J connectivity index is 2.16. The van der Waals surface area contributed by atoms with Gasteiger partial charge in [0.25, 0.3) is 0 Å². The number of allylic oxidation sites excluding steroid dienone is 1. The molecule has 1 heterocycles. The third kappa shape index (κ3) is 3.93. The Morgan fingerprint density at radius 1 is 1.57 bits per heavy atom. The third-order valence-electron chi connectivity index (χ3n) is 2.83. The predicted molar refractivity (Wildman–Crippen MR) is 82.5 cm³/mol. The number of aliphatic imine (C=N–C) groups is 1. The summed E-state index contributed by atoms with van der Waals surface area (Å²) in [7, 11) is 1.54. The van der Waals surface area contributed by atoms with Crippen molar-refractivity contribution in [2.24, 2.45) is 4.99 Å². The number of aliphatic hydroxyl groups is 1. The van der Waals surface area contributed by atoms with Gasteiger partial charge in [-0.25, -0.2) is 4.79 Å². The van der Waals surface area contributed by atoms with Crippen molar-refractivity contribution in [1.29, 1.82) is 0 Å². The summed E-state index contributed by atoms with van der Waals surface area (Å²) in [5.74, 6) is 0.564. The Morgan fingerprint density at radius 2 is 2.43 bits per heavy atom. The van der Waals surface area contributed by atoms with Gasteiger partial charge in [0.2, 0.25) is 0 Å². The van der Waals surface area contributed by atoms with Crippen LogP contribution in [0.5, 0.6) is 5.75 Å². The molecule has 0 atom stereocenters. The van der Waals surface area contributed by atoms with Gasteiger partial charge in [-0.3, -0.25) is 9.89 Å². The van der Waals surface area contributed by atoms with Crippen molar-refractivity contribution >= 4 is 24.0 Å². The van der Waals surface area contributed by atoms with Gasteiger partial charge in [-0.15, -0.1) is 0 Å². The third-order valence-corrected chi connectivity index (χ3v) is 2.83. The van der Waals surface area contributed by atoms with E-state index in [-0.39, 0.29) is 19.3 Å². The number of amides is 2. The summed E-state index contributed by atoms with van der Waals surface area (Å²) in [6.07, 6.45) is 8.38. The zero-order valence-electron chi connectivity index (χ0n) is 11.7. The fraction of sp³-hybridized carbons (Fsp3) is 0.200. The first-order chi connectivity index (χ1) is 10.2. The largest absolute Gasteiger partial charge is 0.495 e. The van der Waals surface area contributed by atoms with Gasteiger partial charge in [0.1, 0.15) is 12.4 Å². The molecule has 0 saturated heterocycles. The number of hydrogen-bond donors (Lipinski definition) is 2. The average Bonchev–Trinajstić information content (AvgIpc) is 2.54. The van der Waals surface area contributed by atoms with Crippen LogP contribution in [0.25, 0.3) is 6.08 Å². The van der Waals surface area contributed by atoms with Gasteiger partial charge < -0.3 is 15.2 Å². The summed E-state index contributed by atoms with van der Waals surface area (Å²) in [6, 6.07) is 5.09. The van der Waals surface area contributed by atoms with E-state index in [0.717, 1.165) is 5.56 Å². The molecule has 2 rings (SSSR count). The number of methoxy groups -OCH3 is 1. The molecule has 1 aromatic carbocycles. The highest BCUT2D eigenvalue weighted by atomic mass is 16.5. The predicted octanol–water partition coefficient (Wildman–Crippen LogP) is 2.09. The van der Waals surface area contributed by atoms with Crippen molar-refractivity contribution in [3.8, 4) is 5.75 Å². The lowest BCUT2D eigenvalue weighted by Crippen LogP contribution is -2.31. The van der Waals surface area contributed by atoms with E-state index in [0.29, 0.717) is 11.4 Å². The van der Waals surface area contributed by atoms with E-state index in [2.05, 4.69) is 10.3 Å². The fourth-order valence-electron chi connectivity index (χ4n) is 1.82. The summed E-state index contributed by atoms with van der Waals surface area (Å²) in [5, 5.41) is 11.6. The van der Waals surface area contributed by atoms with E-state index in [9.17, 15) is 4.79 Å². The summed E-state index contributed by atoms with van der Waals surface area (Å²) in [4.78, 5) is 17.6. The molecule has 6 heteroatoms. The number of carbonyl (C=O) groups excluding carboxylic acids is 1. The Hall–Kier alpha value is -2.60. The molecule has 2 amide bonds. The van der Waals surface area contributed by atoms with Gasteiger partial charge >= 0.3 is 6.03 Å². The molecule has 110 valence electrons. The summed E-state index contributed by atoms with van der Waals surface area (Å²) in [6.45, 7) is 0.249. The molecule has 6 nitrogen and oxygen atoms in total. The lowest BCUT2D eigenvalue weighted by atomic mass is 10.1. The number of nitrogens with zero attached hydrogens (tertiary/aromatic N) is 2. The molecule has 0 fully saturated rings. The maximum absolute atomic E-state index is 12.1. The monoisotopic (exact) mass is 287 g/mol. The molecule has 0 aliphatic carbocycles. The molecule has 2 N–H and O–H groups in total. The topological polar surface area (TPSA) is 74.2 Å². The van der Waals surface area contributed by atoms with Gasteiger partial charge in [0, 0.05) is 12.4 Å².